The lowest BCUT2D eigenvalue weighted by Crippen LogP contribution is -2.16. The topological polar surface area (TPSA) is 99.1 Å². The van der Waals surface area contributed by atoms with Crippen LogP contribution in [-0.2, 0) is 0 Å². The van der Waals surface area contributed by atoms with Gasteiger partial charge in [-0.3, -0.25) is 0 Å². The molecule has 0 atom stereocenters. The van der Waals surface area contributed by atoms with Crippen molar-refractivity contribution >= 4 is 11.5 Å². The summed E-state index contributed by atoms with van der Waals surface area (Å²) in [4.78, 5) is 7.96. The molecule has 6 heteroatoms. The second-order valence-electron chi connectivity index (χ2n) is 3.32. The van der Waals surface area contributed by atoms with Crippen molar-refractivity contribution in [3.05, 3.63) is 6.33 Å². The van der Waals surface area contributed by atoms with E-state index in [2.05, 4.69) is 15.3 Å². The van der Waals surface area contributed by atoms with E-state index in [-0.39, 0.29) is 6.10 Å². The molecular formula is C9H17N5O. The van der Waals surface area contributed by atoms with Gasteiger partial charge >= 0.3 is 0 Å². The molecule has 0 amide bonds. The summed E-state index contributed by atoms with van der Waals surface area (Å²) < 4.78 is 5.42. The quantitative estimate of drug-likeness (QED) is 0.644. The summed E-state index contributed by atoms with van der Waals surface area (Å²) in [6.07, 6.45) is 1.44. The normalized spacial score (nSPS) is 10.4. The number of nitrogens with zero attached hydrogens (tertiary/aromatic N) is 2. The highest BCUT2D eigenvalue weighted by Gasteiger charge is 2.09. The first-order valence-electron chi connectivity index (χ1n) is 4.86. The Hall–Kier alpha value is -1.56. The summed E-state index contributed by atoms with van der Waals surface area (Å²) in [5.41, 5.74) is 11.6. The number of hydrogen-bond acceptors (Lipinski definition) is 6. The molecule has 6 nitrogen and oxygen atoms in total. The molecule has 1 rings (SSSR count). The molecule has 0 radical (unpaired) electrons. The lowest BCUT2D eigenvalue weighted by molar-refractivity contribution is 0.234. The van der Waals surface area contributed by atoms with Crippen LogP contribution in [0, 0.1) is 0 Å². The van der Waals surface area contributed by atoms with Gasteiger partial charge in [-0.15, -0.1) is 0 Å². The van der Waals surface area contributed by atoms with Crippen molar-refractivity contribution in [1.82, 2.24) is 9.97 Å². The smallest absolute Gasteiger partial charge is 0.242 e. The Morgan fingerprint density at radius 3 is 2.80 bits per heavy atom. The number of rotatable bonds is 5. The molecule has 15 heavy (non-hydrogen) atoms. The fourth-order valence-corrected chi connectivity index (χ4v) is 1.03. The highest BCUT2D eigenvalue weighted by Crippen LogP contribution is 2.24. The SMILES string of the molecule is CC(C)Oc1ncnc(NCCN)c1N. The van der Waals surface area contributed by atoms with Crippen LogP contribution in [0.1, 0.15) is 13.8 Å². The summed E-state index contributed by atoms with van der Waals surface area (Å²) in [5, 5.41) is 3.00. The van der Waals surface area contributed by atoms with Gasteiger partial charge in [0, 0.05) is 13.1 Å². The van der Waals surface area contributed by atoms with E-state index in [1.165, 1.54) is 6.33 Å². The Balaban J connectivity index is 2.80. The first kappa shape index (κ1) is 11.5. The van der Waals surface area contributed by atoms with Crippen LogP contribution in [0.2, 0.25) is 0 Å². The van der Waals surface area contributed by atoms with Crippen molar-refractivity contribution in [2.24, 2.45) is 5.73 Å². The van der Waals surface area contributed by atoms with Gasteiger partial charge < -0.3 is 21.5 Å². The zero-order chi connectivity index (χ0) is 11.3. The third kappa shape index (κ3) is 3.25. The first-order valence-corrected chi connectivity index (χ1v) is 4.86. The van der Waals surface area contributed by atoms with Gasteiger partial charge in [0.2, 0.25) is 5.88 Å². The molecule has 0 aliphatic heterocycles. The summed E-state index contributed by atoms with van der Waals surface area (Å²) in [6, 6.07) is 0. The third-order valence-electron chi connectivity index (χ3n) is 1.63. The average molecular weight is 211 g/mol. The van der Waals surface area contributed by atoms with E-state index in [4.69, 9.17) is 16.2 Å². The maximum atomic E-state index is 5.82. The number of nitrogens with two attached hydrogens (primary N) is 2. The molecule has 0 aromatic carbocycles. The molecule has 0 unspecified atom stereocenters. The monoisotopic (exact) mass is 211 g/mol. The Labute approximate surface area is 89.0 Å². The minimum absolute atomic E-state index is 0.0320. The van der Waals surface area contributed by atoms with Crippen LogP contribution in [0.5, 0.6) is 5.88 Å². The summed E-state index contributed by atoms with van der Waals surface area (Å²) in [7, 11) is 0. The van der Waals surface area contributed by atoms with Gasteiger partial charge in [-0.1, -0.05) is 0 Å². The fourth-order valence-electron chi connectivity index (χ4n) is 1.03. The molecule has 0 spiro atoms. The Kier molecular flexibility index (Phi) is 4.11. The molecule has 0 saturated heterocycles. The van der Waals surface area contributed by atoms with Crippen molar-refractivity contribution in [2.45, 2.75) is 20.0 Å². The van der Waals surface area contributed by atoms with E-state index >= 15 is 0 Å². The van der Waals surface area contributed by atoms with Crippen molar-refractivity contribution in [3.63, 3.8) is 0 Å². The van der Waals surface area contributed by atoms with Crippen LogP contribution in [0.4, 0.5) is 11.5 Å². The van der Waals surface area contributed by atoms with Crippen LogP contribution >= 0.6 is 0 Å². The van der Waals surface area contributed by atoms with Crippen molar-refractivity contribution in [1.29, 1.82) is 0 Å². The predicted molar refractivity (Wildman–Crippen MR) is 59.8 cm³/mol. The van der Waals surface area contributed by atoms with Gasteiger partial charge in [-0.2, -0.15) is 4.98 Å². The lowest BCUT2D eigenvalue weighted by Gasteiger charge is -2.13. The van der Waals surface area contributed by atoms with Crippen LogP contribution < -0.4 is 21.5 Å². The van der Waals surface area contributed by atoms with Crippen molar-refractivity contribution in [2.75, 3.05) is 24.1 Å². The van der Waals surface area contributed by atoms with E-state index in [1.54, 1.807) is 0 Å². The Morgan fingerprint density at radius 2 is 2.20 bits per heavy atom. The third-order valence-corrected chi connectivity index (χ3v) is 1.63. The van der Waals surface area contributed by atoms with Crippen LogP contribution in [0.15, 0.2) is 6.33 Å². The standard InChI is InChI=1S/C9H17N5O/c1-6(2)15-9-7(11)8(12-4-3-10)13-5-14-9/h5-6H,3-4,10-11H2,1-2H3,(H,12,13,14). The summed E-state index contributed by atoms with van der Waals surface area (Å²) >= 11 is 0. The van der Waals surface area contributed by atoms with Gasteiger partial charge in [0.25, 0.3) is 0 Å². The fraction of sp³-hybridized carbons (Fsp3) is 0.556. The second-order valence-corrected chi connectivity index (χ2v) is 3.32. The molecule has 0 aliphatic rings. The van der Waals surface area contributed by atoms with Gasteiger partial charge in [0.05, 0.1) is 6.10 Å². The van der Waals surface area contributed by atoms with Crippen LogP contribution in [0.3, 0.4) is 0 Å². The molecule has 1 aromatic heterocycles. The average Bonchev–Trinajstić information content (AvgIpc) is 2.19. The second kappa shape index (κ2) is 5.35. The van der Waals surface area contributed by atoms with E-state index in [0.717, 1.165) is 0 Å². The van der Waals surface area contributed by atoms with Gasteiger partial charge in [-0.05, 0) is 13.8 Å². The van der Waals surface area contributed by atoms with E-state index in [9.17, 15) is 0 Å². The van der Waals surface area contributed by atoms with Crippen molar-refractivity contribution in [3.8, 4) is 5.88 Å². The van der Waals surface area contributed by atoms with Crippen LogP contribution in [-0.4, -0.2) is 29.2 Å². The Morgan fingerprint density at radius 1 is 1.47 bits per heavy atom. The molecule has 1 aromatic rings. The summed E-state index contributed by atoms with van der Waals surface area (Å²) in [6.45, 7) is 4.95. The maximum Gasteiger partial charge on any atom is 0.242 e. The molecule has 0 saturated carbocycles. The molecule has 5 N–H and O–H groups in total. The zero-order valence-electron chi connectivity index (χ0n) is 9.03. The zero-order valence-corrected chi connectivity index (χ0v) is 9.03. The molecule has 0 fully saturated rings. The first-order chi connectivity index (χ1) is 7.15. The molecular weight excluding hydrogens is 194 g/mol. The number of nitrogen functional groups attached to an aromatic ring is 1. The maximum absolute atomic E-state index is 5.82. The van der Waals surface area contributed by atoms with E-state index in [0.29, 0.717) is 30.5 Å². The number of nitrogens with one attached hydrogen (secondary N) is 1. The van der Waals surface area contributed by atoms with Gasteiger partial charge in [-0.25, -0.2) is 4.98 Å². The highest BCUT2D eigenvalue weighted by atomic mass is 16.5. The minimum Gasteiger partial charge on any atom is -0.473 e. The number of ether oxygens (including phenoxy) is 1. The van der Waals surface area contributed by atoms with Crippen molar-refractivity contribution < 1.29 is 4.74 Å². The number of anilines is 2. The van der Waals surface area contributed by atoms with Crippen LogP contribution in [0.25, 0.3) is 0 Å². The Bertz CT molecular complexity index is 315. The lowest BCUT2D eigenvalue weighted by atomic mass is 10.4. The summed E-state index contributed by atoms with van der Waals surface area (Å²) in [5.74, 6) is 0.964. The molecule has 0 bridgehead atoms. The largest absolute Gasteiger partial charge is 0.473 e. The number of hydrogen-bond donors (Lipinski definition) is 3. The highest BCUT2D eigenvalue weighted by molar-refractivity contribution is 5.66. The minimum atomic E-state index is 0.0320. The molecule has 0 aliphatic carbocycles. The van der Waals surface area contributed by atoms with E-state index < -0.39 is 0 Å². The molecule has 1 heterocycles. The van der Waals surface area contributed by atoms with E-state index in [1.807, 2.05) is 13.8 Å². The predicted octanol–water partition coefficient (Wildman–Crippen LogP) is 0.217. The van der Waals surface area contributed by atoms with Gasteiger partial charge in [0.15, 0.2) is 5.82 Å². The number of aromatic nitrogens is 2. The van der Waals surface area contributed by atoms with Gasteiger partial charge in [0.1, 0.15) is 12.0 Å². The molecule has 84 valence electrons.